The Balaban J connectivity index is 0. The van der Waals surface area contributed by atoms with E-state index in [1.807, 2.05) is 0 Å². The average molecular weight is 971 g/mol. The van der Waals surface area contributed by atoms with Gasteiger partial charge in [-0.3, -0.25) is 0 Å². The third-order valence-corrected chi connectivity index (χ3v) is 0. The van der Waals surface area contributed by atoms with Gasteiger partial charge >= 0.3 is 109 Å². The fraction of sp³-hybridized carbons (Fsp3) is 0. The van der Waals surface area contributed by atoms with Crippen molar-refractivity contribution in [2.24, 2.45) is 0 Å². The van der Waals surface area contributed by atoms with Gasteiger partial charge in [0.2, 0.25) is 0 Å². The van der Waals surface area contributed by atoms with Gasteiger partial charge in [-0.2, -0.15) is 0 Å². The van der Waals surface area contributed by atoms with Crippen molar-refractivity contribution in [3.63, 3.8) is 0 Å². The molecule has 0 heterocycles. The van der Waals surface area contributed by atoms with E-state index in [9.17, 15) is 0 Å². The molecule has 0 aliphatic rings. The third-order valence-electron chi connectivity index (χ3n) is 0. The summed E-state index contributed by atoms with van der Waals surface area (Å²) in [5.74, 6) is 0. The van der Waals surface area contributed by atoms with Gasteiger partial charge < -0.3 is 6.15 Å². The monoisotopic (exact) mass is 971 g/mol. The molecule has 0 saturated carbocycles. The van der Waals surface area contributed by atoms with Crippen LogP contribution in [0.2, 0.25) is 0 Å². The zero-order chi connectivity index (χ0) is 6.41. The molecular formula is H3I6IrN. The summed E-state index contributed by atoms with van der Waals surface area (Å²) in [6.07, 6.45) is 0. The molecule has 0 bridgehead atoms. The predicted molar refractivity (Wildman–Crippen MR) is 89.1 cm³/mol. The predicted octanol–water partition coefficient (Wildman–Crippen LogP) is 5.47. The first-order chi connectivity index (χ1) is 2.45. The van der Waals surface area contributed by atoms with E-state index in [2.05, 4.69) is 118 Å². The summed E-state index contributed by atoms with van der Waals surface area (Å²) in [4.78, 5) is 0. The van der Waals surface area contributed by atoms with E-state index in [4.69, 9.17) is 0 Å². The normalized spacial score (nSPS) is 20.2. The van der Waals surface area contributed by atoms with Crippen LogP contribution >= 0.6 is 118 Å². The molecule has 0 atom stereocenters. The van der Waals surface area contributed by atoms with E-state index < -0.39 is -8.61 Å². The van der Waals surface area contributed by atoms with Crippen LogP contribution in [0.15, 0.2) is 0 Å². The Bertz CT molecular complexity index is 67.1. The summed E-state index contributed by atoms with van der Waals surface area (Å²) >= 11 is 15.4. The molecule has 0 amide bonds. The average Bonchev–Trinajstić information content (AvgIpc) is 0.592. The number of halogens is 6. The van der Waals surface area contributed by atoms with E-state index in [0.29, 0.717) is 0 Å². The van der Waals surface area contributed by atoms with Crippen LogP contribution < -0.4 is 6.15 Å². The molecule has 0 aromatic heterocycles. The fourth-order valence-corrected chi connectivity index (χ4v) is 0. The second-order valence-electron chi connectivity index (χ2n) is 0.714. The van der Waals surface area contributed by atoms with Crippen molar-refractivity contribution in [1.29, 1.82) is 0 Å². The number of rotatable bonds is 0. The van der Waals surface area contributed by atoms with E-state index in [1.165, 1.54) is 0 Å². The molecule has 8 heavy (non-hydrogen) atoms. The van der Waals surface area contributed by atoms with Crippen LogP contribution in [-0.2, 0) is -8.61 Å². The first-order valence-corrected chi connectivity index (χ1v) is 41.5. The minimum absolute atomic E-state index is 0. The Morgan fingerprint density at radius 3 is 0.625 bits per heavy atom. The fourth-order valence-electron chi connectivity index (χ4n) is 0. The summed E-state index contributed by atoms with van der Waals surface area (Å²) < 4.78 is -2.35. The Hall–Kier alpha value is 4.99. The van der Waals surface area contributed by atoms with Gasteiger partial charge in [0.15, 0.2) is 0 Å². The third kappa shape index (κ3) is 44.1. The number of hydrogen-bond acceptors (Lipinski definition) is 1. The molecule has 0 aromatic carbocycles. The molecule has 8 heteroatoms. The Kier molecular flexibility index (Phi) is 7.00. The number of hydrogen-bond donors (Lipinski definition) is 1. The van der Waals surface area contributed by atoms with Gasteiger partial charge in [0.25, 0.3) is 0 Å². The van der Waals surface area contributed by atoms with Gasteiger partial charge in [0, 0.05) is 0 Å². The van der Waals surface area contributed by atoms with Crippen LogP contribution in [0.3, 0.4) is 0 Å². The van der Waals surface area contributed by atoms with Gasteiger partial charge in [-0.05, 0) is 0 Å². The van der Waals surface area contributed by atoms with Gasteiger partial charge in [-0.15, -0.1) is 0 Å². The minimum atomic E-state index is -2.35. The molecule has 0 unspecified atom stereocenters. The van der Waals surface area contributed by atoms with Crippen molar-refractivity contribution in [3.8, 4) is 0 Å². The molecule has 59 valence electrons. The first-order valence-electron chi connectivity index (χ1n) is 0.756. The van der Waals surface area contributed by atoms with Crippen molar-refractivity contribution >= 4 is 118 Å². The van der Waals surface area contributed by atoms with Crippen molar-refractivity contribution in [2.45, 2.75) is 0 Å². The summed E-state index contributed by atoms with van der Waals surface area (Å²) in [6.45, 7) is 0. The molecule has 0 aliphatic heterocycles. The summed E-state index contributed by atoms with van der Waals surface area (Å²) in [7, 11) is 0. The van der Waals surface area contributed by atoms with Crippen molar-refractivity contribution in [2.75, 3.05) is 0 Å². The molecular weight excluding hydrogens is 968 g/mol. The van der Waals surface area contributed by atoms with Crippen LogP contribution in [0.25, 0.3) is 0 Å². The van der Waals surface area contributed by atoms with Crippen LogP contribution in [0, 0.1) is 0 Å². The Morgan fingerprint density at radius 2 is 0.625 bits per heavy atom. The van der Waals surface area contributed by atoms with Crippen molar-refractivity contribution < 1.29 is -8.61 Å². The SMILES string of the molecule is N.[I][Ir]([I])([I])([I])([I])[I]. The zero-order valence-electron chi connectivity index (χ0n) is 3.31. The van der Waals surface area contributed by atoms with Crippen LogP contribution in [-0.4, -0.2) is 0 Å². The molecule has 0 saturated heterocycles. The molecule has 0 aromatic rings. The first kappa shape index (κ1) is 15.5. The molecule has 0 fully saturated rings. The van der Waals surface area contributed by atoms with Gasteiger partial charge in [0.05, 0.1) is 0 Å². The molecule has 3 N–H and O–H groups in total. The maximum absolute atomic E-state index is 2.57. The summed E-state index contributed by atoms with van der Waals surface area (Å²) in [6, 6.07) is 0. The quantitative estimate of drug-likeness (QED) is 0.322. The van der Waals surface area contributed by atoms with Crippen molar-refractivity contribution in [3.05, 3.63) is 0 Å². The second kappa shape index (κ2) is 3.62. The van der Waals surface area contributed by atoms with Gasteiger partial charge in [0.1, 0.15) is 0 Å². The summed E-state index contributed by atoms with van der Waals surface area (Å²) in [5, 5.41) is 0. The Morgan fingerprint density at radius 1 is 0.625 bits per heavy atom. The topological polar surface area (TPSA) is 35.0 Å². The molecule has 0 aliphatic carbocycles. The van der Waals surface area contributed by atoms with Gasteiger partial charge in [-0.1, -0.05) is 0 Å². The van der Waals surface area contributed by atoms with Crippen LogP contribution in [0.1, 0.15) is 0 Å². The molecule has 0 rings (SSSR count). The van der Waals surface area contributed by atoms with E-state index in [1.54, 1.807) is 0 Å². The zero-order valence-corrected chi connectivity index (χ0v) is 18.6. The maximum atomic E-state index is 2.57. The van der Waals surface area contributed by atoms with Crippen molar-refractivity contribution in [1.82, 2.24) is 6.15 Å². The molecule has 0 radical (unpaired) electrons. The Labute approximate surface area is 111 Å². The molecule has 0 spiro atoms. The van der Waals surface area contributed by atoms with E-state index in [-0.39, 0.29) is 6.15 Å². The van der Waals surface area contributed by atoms with Crippen LogP contribution in [0.4, 0.5) is 0 Å². The van der Waals surface area contributed by atoms with Gasteiger partial charge in [-0.25, -0.2) is 0 Å². The van der Waals surface area contributed by atoms with E-state index >= 15 is 0 Å². The van der Waals surface area contributed by atoms with Crippen LogP contribution in [0.5, 0.6) is 0 Å². The summed E-state index contributed by atoms with van der Waals surface area (Å²) in [5.41, 5.74) is 0. The van der Waals surface area contributed by atoms with E-state index in [0.717, 1.165) is 0 Å². The second-order valence-corrected chi connectivity index (χ2v) is 263. The standard InChI is InChI=1S/6HI.Ir.H3N/h6*1H;;1H3/q;;;;;;+6;/p-6. The molecule has 1 nitrogen and oxygen atoms in total.